The first-order chi connectivity index (χ1) is 9.40. The summed E-state index contributed by atoms with van der Waals surface area (Å²) < 4.78 is 6.50. The lowest BCUT2D eigenvalue weighted by atomic mass is 10.2. The van der Waals surface area contributed by atoms with Crippen LogP contribution in [0.4, 0.5) is 0 Å². The minimum atomic E-state index is 0.617. The van der Waals surface area contributed by atoms with Crippen molar-refractivity contribution >= 4 is 23.1 Å². The van der Waals surface area contributed by atoms with E-state index in [2.05, 4.69) is 20.4 Å². The normalized spacial score (nSPS) is 10.7. The molecule has 0 fully saturated rings. The fraction of sp³-hybridized carbons (Fsp3) is 0.167. The minimum absolute atomic E-state index is 0.617. The molecule has 19 heavy (non-hydrogen) atoms. The molecular weight excluding hydrogens is 280 g/mol. The maximum atomic E-state index is 5.60. The Morgan fingerprint density at radius 2 is 1.89 bits per heavy atom. The van der Waals surface area contributed by atoms with Crippen LogP contribution in [0.25, 0.3) is 0 Å². The van der Waals surface area contributed by atoms with Gasteiger partial charge in [-0.1, -0.05) is 53.4 Å². The van der Waals surface area contributed by atoms with Crippen molar-refractivity contribution in [2.75, 3.05) is 0 Å². The van der Waals surface area contributed by atoms with E-state index in [1.54, 1.807) is 17.3 Å². The van der Waals surface area contributed by atoms with Crippen molar-refractivity contribution < 1.29 is 4.42 Å². The van der Waals surface area contributed by atoms with Gasteiger partial charge >= 0.3 is 0 Å². The highest BCUT2D eigenvalue weighted by atomic mass is 32.2. The van der Waals surface area contributed by atoms with Gasteiger partial charge < -0.3 is 4.42 Å². The lowest BCUT2D eigenvalue weighted by molar-refractivity contribution is 0.474. The van der Waals surface area contributed by atoms with Crippen LogP contribution in [0.2, 0.25) is 0 Å². The summed E-state index contributed by atoms with van der Waals surface area (Å²) in [4.78, 5) is 0. The molecule has 7 heteroatoms. The summed E-state index contributed by atoms with van der Waals surface area (Å²) in [7, 11) is 0. The molecule has 3 rings (SSSR count). The van der Waals surface area contributed by atoms with Gasteiger partial charge in [-0.25, -0.2) is 0 Å². The Kier molecular flexibility index (Phi) is 3.85. The summed E-state index contributed by atoms with van der Waals surface area (Å²) >= 11 is 3.05. The zero-order chi connectivity index (χ0) is 12.9. The standard InChI is InChI=1S/C12H10N4OS2/c1-2-4-9(5-3-1)6-10-14-15-11(17-10)7-18-12-16-13-8-19-12/h1-5,8H,6-7H2. The molecule has 0 N–H and O–H groups in total. The molecule has 0 radical (unpaired) electrons. The molecule has 0 saturated carbocycles. The molecule has 0 aliphatic rings. The van der Waals surface area contributed by atoms with Gasteiger partial charge in [0.15, 0.2) is 4.34 Å². The van der Waals surface area contributed by atoms with E-state index >= 15 is 0 Å². The van der Waals surface area contributed by atoms with Crippen molar-refractivity contribution in [2.24, 2.45) is 0 Å². The van der Waals surface area contributed by atoms with Crippen LogP contribution >= 0.6 is 23.1 Å². The third kappa shape index (κ3) is 3.39. The number of thioether (sulfide) groups is 1. The van der Waals surface area contributed by atoms with Crippen molar-refractivity contribution in [3.8, 4) is 0 Å². The molecule has 96 valence electrons. The molecule has 0 saturated heterocycles. The largest absolute Gasteiger partial charge is 0.424 e. The van der Waals surface area contributed by atoms with Crippen LogP contribution in [0.15, 0.2) is 44.6 Å². The van der Waals surface area contributed by atoms with Crippen molar-refractivity contribution in [3.63, 3.8) is 0 Å². The smallest absolute Gasteiger partial charge is 0.226 e. The van der Waals surface area contributed by atoms with Gasteiger partial charge in [0.05, 0.1) is 12.2 Å². The monoisotopic (exact) mass is 290 g/mol. The van der Waals surface area contributed by atoms with Crippen LogP contribution in [0.3, 0.4) is 0 Å². The predicted molar refractivity (Wildman–Crippen MR) is 73.0 cm³/mol. The van der Waals surface area contributed by atoms with Crippen LogP contribution < -0.4 is 0 Å². The third-order valence-corrected chi connectivity index (χ3v) is 4.21. The van der Waals surface area contributed by atoms with E-state index in [9.17, 15) is 0 Å². The summed E-state index contributed by atoms with van der Waals surface area (Å²) in [6, 6.07) is 10.1. The molecule has 3 aromatic rings. The summed E-state index contributed by atoms with van der Waals surface area (Å²) in [5, 5.41) is 15.8. The second-order valence-corrected chi connectivity index (χ2v) is 5.80. The first kappa shape index (κ1) is 12.3. The second kappa shape index (κ2) is 5.94. The molecule has 0 atom stereocenters. The van der Waals surface area contributed by atoms with Crippen LogP contribution in [-0.4, -0.2) is 20.4 Å². The van der Waals surface area contributed by atoms with Crippen molar-refractivity contribution in [3.05, 3.63) is 53.2 Å². The van der Waals surface area contributed by atoms with Gasteiger partial charge in [0.2, 0.25) is 11.8 Å². The molecule has 1 aromatic carbocycles. The fourth-order valence-corrected chi connectivity index (χ4v) is 2.86. The lowest BCUT2D eigenvalue weighted by Crippen LogP contribution is -1.87. The van der Waals surface area contributed by atoms with Gasteiger partial charge in [-0.3, -0.25) is 0 Å². The van der Waals surface area contributed by atoms with Gasteiger partial charge in [-0.15, -0.1) is 20.4 Å². The molecule has 2 aromatic heterocycles. The number of hydrogen-bond acceptors (Lipinski definition) is 7. The molecule has 5 nitrogen and oxygen atoms in total. The quantitative estimate of drug-likeness (QED) is 0.673. The topological polar surface area (TPSA) is 64.7 Å². The third-order valence-electron chi connectivity index (χ3n) is 2.37. The number of rotatable bonds is 5. The van der Waals surface area contributed by atoms with Gasteiger partial charge in [0.1, 0.15) is 5.51 Å². The van der Waals surface area contributed by atoms with Crippen molar-refractivity contribution in [1.29, 1.82) is 0 Å². The summed E-state index contributed by atoms with van der Waals surface area (Å²) in [5.74, 6) is 1.88. The average molecular weight is 290 g/mol. The van der Waals surface area contributed by atoms with Crippen molar-refractivity contribution in [2.45, 2.75) is 16.5 Å². The predicted octanol–water partition coefficient (Wildman–Crippen LogP) is 2.80. The van der Waals surface area contributed by atoms with E-state index in [1.807, 2.05) is 30.3 Å². The molecule has 0 bridgehead atoms. The second-order valence-electron chi connectivity index (χ2n) is 3.75. The van der Waals surface area contributed by atoms with Crippen LogP contribution in [0.5, 0.6) is 0 Å². The van der Waals surface area contributed by atoms with Crippen molar-refractivity contribution in [1.82, 2.24) is 20.4 Å². The van der Waals surface area contributed by atoms with Crippen LogP contribution in [-0.2, 0) is 12.2 Å². The molecule has 0 aliphatic carbocycles. The SMILES string of the molecule is c1ccc(Cc2nnc(CSc3nncs3)o2)cc1. The minimum Gasteiger partial charge on any atom is -0.424 e. The van der Waals surface area contributed by atoms with Gasteiger partial charge in [-0.05, 0) is 5.56 Å². The first-order valence-corrected chi connectivity index (χ1v) is 7.51. The molecule has 0 spiro atoms. The Morgan fingerprint density at radius 1 is 1.05 bits per heavy atom. The van der Waals surface area contributed by atoms with E-state index in [4.69, 9.17) is 4.42 Å². The number of aromatic nitrogens is 4. The van der Waals surface area contributed by atoms with E-state index in [-0.39, 0.29) is 0 Å². The van der Waals surface area contributed by atoms with Crippen LogP contribution in [0.1, 0.15) is 17.3 Å². The maximum Gasteiger partial charge on any atom is 0.226 e. The van der Waals surface area contributed by atoms with E-state index < -0.39 is 0 Å². The van der Waals surface area contributed by atoms with E-state index in [0.29, 0.717) is 24.0 Å². The number of nitrogens with zero attached hydrogens (tertiary/aromatic N) is 4. The van der Waals surface area contributed by atoms with Gasteiger partial charge in [0.25, 0.3) is 0 Å². The Bertz CT molecular complexity index is 624. The maximum absolute atomic E-state index is 5.60. The zero-order valence-corrected chi connectivity index (χ0v) is 11.5. The summed E-state index contributed by atoms with van der Waals surface area (Å²) in [6.45, 7) is 0. The highest BCUT2D eigenvalue weighted by Gasteiger charge is 2.08. The van der Waals surface area contributed by atoms with E-state index in [1.165, 1.54) is 11.3 Å². The molecular formula is C12H10N4OS2. The highest BCUT2D eigenvalue weighted by Crippen LogP contribution is 2.23. The van der Waals surface area contributed by atoms with Crippen LogP contribution in [0, 0.1) is 0 Å². The highest BCUT2D eigenvalue weighted by molar-refractivity contribution is 8.00. The van der Waals surface area contributed by atoms with E-state index in [0.717, 1.165) is 9.90 Å². The summed E-state index contributed by atoms with van der Waals surface area (Å²) in [6.07, 6.45) is 0.664. The Balaban J connectivity index is 1.60. The molecule has 0 aliphatic heterocycles. The average Bonchev–Trinajstić information content (AvgIpc) is 3.09. The van der Waals surface area contributed by atoms with Gasteiger partial charge in [-0.2, -0.15) is 0 Å². The Labute approximate surface area is 118 Å². The van der Waals surface area contributed by atoms with Gasteiger partial charge in [0, 0.05) is 0 Å². The molecule has 0 unspecified atom stereocenters. The number of benzene rings is 1. The Hall–Kier alpha value is -1.73. The number of hydrogen-bond donors (Lipinski definition) is 0. The zero-order valence-electron chi connectivity index (χ0n) is 9.89. The lowest BCUT2D eigenvalue weighted by Gasteiger charge is -1.95. The first-order valence-electron chi connectivity index (χ1n) is 5.64. The Morgan fingerprint density at radius 3 is 2.68 bits per heavy atom. The molecule has 2 heterocycles. The molecule has 0 amide bonds. The summed E-state index contributed by atoms with van der Waals surface area (Å²) in [5.41, 5.74) is 2.87. The fourth-order valence-electron chi connectivity index (χ4n) is 1.54.